The number of rotatable bonds is 4. The van der Waals surface area contributed by atoms with Crippen molar-refractivity contribution in [3.63, 3.8) is 0 Å². The Balaban J connectivity index is 1.21. The van der Waals surface area contributed by atoms with Gasteiger partial charge in [0.05, 0.1) is 24.2 Å². The number of piperazine rings is 1. The van der Waals surface area contributed by atoms with Crippen molar-refractivity contribution in [2.45, 2.75) is 49.5 Å². The molecule has 2 N–H and O–H groups in total. The topological polar surface area (TPSA) is 93.7 Å². The summed E-state index contributed by atoms with van der Waals surface area (Å²) in [5.74, 6) is -0.0525. The molecule has 6 rings (SSSR count). The van der Waals surface area contributed by atoms with Crippen LogP contribution in [0.1, 0.15) is 36.4 Å². The molecule has 0 radical (unpaired) electrons. The fraction of sp³-hybridized carbons (Fsp3) is 0.423. The van der Waals surface area contributed by atoms with Crippen LogP contribution in [-0.4, -0.2) is 70.3 Å². The van der Waals surface area contributed by atoms with Crippen molar-refractivity contribution in [2.24, 2.45) is 5.73 Å². The van der Waals surface area contributed by atoms with Gasteiger partial charge in [0.15, 0.2) is 0 Å². The van der Waals surface area contributed by atoms with Crippen LogP contribution in [0, 0.1) is 11.3 Å². The van der Waals surface area contributed by atoms with Gasteiger partial charge in [-0.25, -0.2) is 0 Å². The van der Waals surface area contributed by atoms with Gasteiger partial charge in [-0.05, 0) is 41.5 Å². The minimum absolute atomic E-state index is 0.0571. The van der Waals surface area contributed by atoms with Gasteiger partial charge in [-0.2, -0.15) is 5.26 Å². The highest BCUT2D eigenvalue weighted by Gasteiger charge is 2.54. The fourth-order valence-corrected chi connectivity index (χ4v) is 6.37. The fourth-order valence-electron chi connectivity index (χ4n) is 6.37. The smallest absolute Gasteiger partial charge is 0.241 e. The summed E-state index contributed by atoms with van der Waals surface area (Å²) >= 11 is 0. The van der Waals surface area contributed by atoms with Crippen LogP contribution in [0.3, 0.4) is 0 Å². The van der Waals surface area contributed by atoms with E-state index in [1.54, 1.807) is 4.90 Å². The number of amides is 2. The van der Waals surface area contributed by atoms with E-state index in [-0.39, 0.29) is 36.0 Å². The predicted molar refractivity (Wildman–Crippen MR) is 123 cm³/mol. The number of fused-ring (bicyclic) bond motifs is 5. The molecule has 0 saturated carbocycles. The van der Waals surface area contributed by atoms with Crippen LogP contribution in [0.5, 0.6) is 0 Å². The summed E-state index contributed by atoms with van der Waals surface area (Å²) in [6.07, 6.45) is 2.31. The third kappa shape index (κ3) is 3.01. The molecule has 7 nitrogen and oxygen atoms in total. The number of benzene rings is 2. The Labute approximate surface area is 193 Å². The van der Waals surface area contributed by atoms with Gasteiger partial charge >= 0.3 is 0 Å². The first kappa shape index (κ1) is 20.4. The van der Waals surface area contributed by atoms with Gasteiger partial charge in [0.2, 0.25) is 11.8 Å². The van der Waals surface area contributed by atoms with Gasteiger partial charge in [-0.1, -0.05) is 48.5 Å². The Morgan fingerprint density at radius 3 is 2.42 bits per heavy atom. The van der Waals surface area contributed by atoms with Gasteiger partial charge in [0, 0.05) is 25.7 Å². The number of likely N-dealkylation sites (tertiary alicyclic amines) is 3. The normalized spacial score (nSPS) is 27.0. The zero-order valence-electron chi connectivity index (χ0n) is 18.4. The number of hydrogen-bond acceptors (Lipinski definition) is 5. The van der Waals surface area contributed by atoms with Crippen LogP contribution in [0.15, 0.2) is 48.5 Å². The molecule has 3 saturated heterocycles. The van der Waals surface area contributed by atoms with Crippen LogP contribution in [0.2, 0.25) is 0 Å². The largest absolute Gasteiger partial charge is 0.326 e. The minimum atomic E-state index is -0.715. The van der Waals surface area contributed by atoms with Gasteiger partial charge in [-0.15, -0.1) is 0 Å². The molecule has 0 spiro atoms. The molecule has 4 aliphatic rings. The van der Waals surface area contributed by atoms with Crippen LogP contribution in [0.25, 0.3) is 11.1 Å². The Morgan fingerprint density at radius 1 is 1.12 bits per heavy atom. The lowest BCUT2D eigenvalue weighted by molar-refractivity contribution is -0.140. The van der Waals surface area contributed by atoms with Crippen molar-refractivity contribution in [1.82, 2.24) is 14.7 Å². The van der Waals surface area contributed by atoms with Crippen molar-refractivity contribution >= 4 is 11.8 Å². The SMILES string of the molecule is N#C[C@@H]1CCCN1C(=O)[C@@H](N)CN1C[C@H]2C[C@@H]1C(=O)N2C1c2ccccc2-c2ccccc21. The molecule has 2 aromatic carbocycles. The second-order valence-corrected chi connectivity index (χ2v) is 9.61. The van der Waals surface area contributed by atoms with Gasteiger partial charge in [-0.3, -0.25) is 14.5 Å². The molecule has 2 amide bonds. The highest BCUT2D eigenvalue weighted by atomic mass is 16.2. The van der Waals surface area contributed by atoms with E-state index >= 15 is 0 Å². The molecule has 3 aliphatic heterocycles. The molecule has 7 heteroatoms. The maximum atomic E-state index is 13.6. The second-order valence-electron chi connectivity index (χ2n) is 9.61. The molecule has 4 atom stereocenters. The van der Waals surface area contributed by atoms with Crippen LogP contribution >= 0.6 is 0 Å². The van der Waals surface area contributed by atoms with Crippen molar-refractivity contribution < 1.29 is 9.59 Å². The summed E-state index contributed by atoms with van der Waals surface area (Å²) in [5.41, 5.74) is 11.1. The molecule has 0 aromatic heterocycles. The Kier molecular flexibility index (Phi) is 4.75. The monoisotopic (exact) mass is 441 g/mol. The first-order valence-electron chi connectivity index (χ1n) is 11.8. The van der Waals surface area contributed by atoms with E-state index < -0.39 is 6.04 Å². The number of carbonyl (C=O) groups is 2. The van der Waals surface area contributed by atoms with Crippen molar-refractivity contribution in [2.75, 3.05) is 19.6 Å². The number of hydrogen-bond donors (Lipinski definition) is 1. The van der Waals surface area contributed by atoms with Crippen molar-refractivity contribution in [1.29, 1.82) is 5.26 Å². The lowest BCUT2D eigenvalue weighted by atomic mass is 10.0. The van der Waals surface area contributed by atoms with E-state index in [2.05, 4.69) is 40.1 Å². The Bertz CT molecular complexity index is 1130. The molecule has 2 bridgehead atoms. The molecule has 1 aliphatic carbocycles. The highest BCUT2D eigenvalue weighted by Crippen LogP contribution is 2.50. The van der Waals surface area contributed by atoms with Crippen molar-refractivity contribution in [3.8, 4) is 17.2 Å². The molecule has 2 aromatic rings. The number of nitriles is 1. The minimum Gasteiger partial charge on any atom is -0.326 e. The summed E-state index contributed by atoms with van der Waals surface area (Å²) in [6, 6.07) is 17.6. The molecule has 3 heterocycles. The summed E-state index contributed by atoms with van der Waals surface area (Å²) < 4.78 is 0. The van der Waals surface area contributed by atoms with E-state index in [0.29, 0.717) is 19.5 Å². The average molecular weight is 442 g/mol. The Hall–Kier alpha value is -3.21. The lowest BCUT2D eigenvalue weighted by Crippen LogP contribution is -2.56. The lowest BCUT2D eigenvalue weighted by Gasteiger charge is -2.39. The first-order valence-corrected chi connectivity index (χ1v) is 11.8. The van der Waals surface area contributed by atoms with Gasteiger partial charge < -0.3 is 15.5 Å². The number of carbonyl (C=O) groups excluding carboxylic acids is 2. The summed E-state index contributed by atoms with van der Waals surface area (Å²) in [6.45, 7) is 1.66. The third-order valence-corrected chi connectivity index (χ3v) is 7.83. The van der Waals surface area contributed by atoms with E-state index in [1.165, 1.54) is 22.3 Å². The zero-order valence-corrected chi connectivity index (χ0v) is 18.4. The standard InChI is InChI=1S/C26H27N5O2/c27-13-16-6-5-11-30(16)25(32)22(28)15-29-14-17-12-23(29)26(33)31(17)24-20-9-3-1-7-18(20)19-8-2-4-10-21(19)24/h1-4,7-10,16-17,22-24H,5-6,11-12,14-15,28H2/t16-,17+,22-,23+/m0/s1. The highest BCUT2D eigenvalue weighted by molar-refractivity contribution is 5.89. The van der Waals surface area contributed by atoms with Gasteiger partial charge in [0.25, 0.3) is 0 Å². The molecule has 33 heavy (non-hydrogen) atoms. The van der Waals surface area contributed by atoms with Crippen LogP contribution in [0.4, 0.5) is 0 Å². The summed E-state index contributed by atoms with van der Waals surface area (Å²) in [5, 5.41) is 9.30. The third-order valence-electron chi connectivity index (χ3n) is 7.83. The van der Waals surface area contributed by atoms with E-state index in [0.717, 1.165) is 19.4 Å². The average Bonchev–Trinajstić information content (AvgIpc) is 3.60. The molecular weight excluding hydrogens is 414 g/mol. The first-order chi connectivity index (χ1) is 16.1. The Morgan fingerprint density at radius 2 is 1.79 bits per heavy atom. The molecule has 168 valence electrons. The van der Waals surface area contributed by atoms with Crippen molar-refractivity contribution in [3.05, 3.63) is 59.7 Å². The number of nitrogens with two attached hydrogens (primary N) is 1. The maximum absolute atomic E-state index is 13.6. The quantitative estimate of drug-likeness (QED) is 0.782. The maximum Gasteiger partial charge on any atom is 0.241 e. The van der Waals surface area contributed by atoms with E-state index in [4.69, 9.17) is 5.73 Å². The van der Waals surface area contributed by atoms with E-state index in [1.807, 2.05) is 24.3 Å². The molecule has 3 fully saturated rings. The van der Waals surface area contributed by atoms with Gasteiger partial charge in [0.1, 0.15) is 6.04 Å². The molecule has 0 unspecified atom stereocenters. The van der Waals surface area contributed by atoms with E-state index in [9.17, 15) is 14.9 Å². The second kappa shape index (κ2) is 7.68. The summed E-state index contributed by atoms with van der Waals surface area (Å²) in [7, 11) is 0. The van der Waals surface area contributed by atoms with Crippen LogP contribution < -0.4 is 5.73 Å². The number of nitrogens with zero attached hydrogens (tertiary/aromatic N) is 4. The zero-order chi connectivity index (χ0) is 22.7. The summed E-state index contributed by atoms with van der Waals surface area (Å²) in [4.78, 5) is 32.2. The predicted octanol–water partition coefficient (Wildman–Crippen LogP) is 1.88. The van der Waals surface area contributed by atoms with Crippen LogP contribution in [-0.2, 0) is 9.59 Å². The molecular formula is C26H27N5O2.